The van der Waals surface area contributed by atoms with Gasteiger partial charge in [-0.3, -0.25) is 4.79 Å². The number of H-pyrrole nitrogens is 1. The predicted molar refractivity (Wildman–Crippen MR) is 59.3 cm³/mol. The fourth-order valence-electron chi connectivity index (χ4n) is 1.31. The maximum absolute atomic E-state index is 10.5. The topological polar surface area (TPSA) is 32.9 Å². The van der Waals surface area contributed by atoms with Gasteiger partial charge in [0.1, 0.15) is 0 Å². The van der Waals surface area contributed by atoms with Crippen molar-refractivity contribution in [1.82, 2.24) is 4.98 Å². The third-order valence-corrected chi connectivity index (χ3v) is 2.46. The van der Waals surface area contributed by atoms with Crippen LogP contribution in [0.5, 0.6) is 0 Å². The Morgan fingerprint density at radius 2 is 2.07 bits per heavy atom. The van der Waals surface area contributed by atoms with Gasteiger partial charge in [-0.1, -0.05) is 28.1 Å². The number of nitrogens with one attached hydrogen (secondary N) is 1. The van der Waals surface area contributed by atoms with Gasteiger partial charge in [-0.2, -0.15) is 0 Å². The van der Waals surface area contributed by atoms with Gasteiger partial charge in [0, 0.05) is 10.2 Å². The largest absolute Gasteiger partial charge is 0.352 e. The summed E-state index contributed by atoms with van der Waals surface area (Å²) in [7, 11) is 0. The van der Waals surface area contributed by atoms with Crippen molar-refractivity contribution >= 4 is 22.2 Å². The summed E-state index contributed by atoms with van der Waals surface area (Å²) in [5.74, 6) is 0. The molecule has 0 fully saturated rings. The number of aromatic amines is 1. The predicted octanol–water partition coefficient (Wildman–Crippen LogP) is 3.26. The van der Waals surface area contributed by atoms with Gasteiger partial charge in [0.2, 0.25) is 0 Å². The molecule has 2 nitrogen and oxygen atoms in total. The van der Waals surface area contributed by atoms with Crippen molar-refractivity contribution in [3.05, 3.63) is 46.6 Å². The van der Waals surface area contributed by atoms with E-state index >= 15 is 0 Å². The molecule has 2 rings (SSSR count). The van der Waals surface area contributed by atoms with Crippen LogP contribution in [0.2, 0.25) is 0 Å². The quantitative estimate of drug-likeness (QED) is 0.815. The summed E-state index contributed by atoms with van der Waals surface area (Å²) in [5, 5.41) is 0. The van der Waals surface area contributed by atoms with Crippen molar-refractivity contribution in [1.29, 1.82) is 0 Å². The molecular weight excluding hydrogens is 242 g/mol. The minimum absolute atomic E-state index is 0.597. The molecule has 0 unspecified atom stereocenters. The van der Waals surface area contributed by atoms with Crippen LogP contribution < -0.4 is 0 Å². The van der Waals surface area contributed by atoms with Gasteiger partial charge < -0.3 is 4.98 Å². The third kappa shape index (κ3) is 1.77. The van der Waals surface area contributed by atoms with Crippen LogP contribution >= 0.6 is 15.9 Å². The first kappa shape index (κ1) is 9.21. The van der Waals surface area contributed by atoms with Crippen LogP contribution in [0.3, 0.4) is 0 Å². The second kappa shape index (κ2) is 3.80. The summed E-state index contributed by atoms with van der Waals surface area (Å²) in [6, 6.07) is 11.6. The molecule has 2 aromatic rings. The molecule has 1 N–H and O–H groups in total. The molecule has 0 radical (unpaired) electrons. The van der Waals surface area contributed by atoms with Crippen LogP contribution in [0.25, 0.3) is 11.3 Å². The van der Waals surface area contributed by atoms with Gasteiger partial charge in [-0.05, 0) is 29.8 Å². The Hall–Kier alpha value is -1.35. The maximum atomic E-state index is 10.5. The zero-order valence-electron chi connectivity index (χ0n) is 7.33. The molecule has 0 saturated carbocycles. The molecular formula is C11H8BrNO. The number of hydrogen-bond acceptors (Lipinski definition) is 1. The molecule has 0 aliphatic carbocycles. The van der Waals surface area contributed by atoms with Crippen LogP contribution in [-0.4, -0.2) is 11.3 Å². The molecule has 0 aliphatic rings. The van der Waals surface area contributed by atoms with E-state index in [-0.39, 0.29) is 0 Å². The number of halogens is 1. The summed E-state index contributed by atoms with van der Waals surface area (Å²) in [6.07, 6.45) is 0.807. The van der Waals surface area contributed by atoms with Crippen LogP contribution in [0.1, 0.15) is 10.5 Å². The lowest BCUT2D eigenvalue weighted by Crippen LogP contribution is -1.80. The van der Waals surface area contributed by atoms with E-state index in [1.54, 1.807) is 6.07 Å². The smallest absolute Gasteiger partial charge is 0.166 e. The lowest BCUT2D eigenvalue weighted by atomic mass is 10.2. The second-order valence-electron chi connectivity index (χ2n) is 2.96. The number of aldehydes is 1. The van der Waals surface area contributed by atoms with Gasteiger partial charge in [-0.15, -0.1) is 0 Å². The van der Waals surface area contributed by atoms with E-state index in [0.717, 1.165) is 22.0 Å². The van der Waals surface area contributed by atoms with Gasteiger partial charge >= 0.3 is 0 Å². The first-order chi connectivity index (χ1) is 6.79. The number of aromatic nitrogens is 1. The third-order valence-electron chi connectivity index (χ3n) is 1.97. The Morgan fingerprint density at radius 3 is 2.71 bits per heavy atom. The summed E-state index contributed by atoms with van der Waals surface area (Å²) in [5.41, 5.74) is 2.61. The minimum atomic E-state index is 0.597. The summed E-state index contributed by atoms with van der Waals surface area (Å²) >= 11 is 3.40. The van der Waals surface area contributed by atoms with Crippen LogP contribution in [0, 0.1) is 0 Å². The Kier molecular flexibility index (Phi) is 2.50. The molecule has 14 heavy (non-hydrogen) atoms. The lowest BCUT2D eigenvalue weighted by molar-refractivity contribution is 0.111. The maximum Gasteiger partial charge on any atom is 0.166 e. The number of rotatable bonds is 2. The van der Waals surface area contributed by atoms with E-state index in [0.29, 0.717) is 5.69 Å². The van der Waals surface area contributed by atoms with Crippen molar-refractivity contribution in [2.75, 3.05) is 0 Å². The highest BCUT2D eigenvalue weighted by atomic mass is 79.9. The fourth-order valence-corrected chi connectivity index (χ4v) is 1.70. The zero-order valence-corrected chi connectivity index (χ0v) is 8.91. The molecule has 1 heterocycles. The Labute approximate surface area is 90.1 Å². The highest BCUT2D eigenvalue weighted by Crippen LogP contribution is 2.21. The monoisotopic (exact) mass is 249 g/mol. The zero-order chi connectivity index (χ0) is 9.97. The van der Waals surface area contributed by atoms with Gasteiger partial charge in [0.15, 0.2) is 6.29 Å². The summed E-state index contributed by atoms with van der Waals surface area (Å²) in [6.45, 7) is 0. The molecule has 70 valence electrons. The van der Waals surface area contributed by atoms with E-state index < -0.39 is 0 Å². The van der Waals surface area contributed by atoms with Gasteiger partial charge in [0.05, 0.1) is 5.69 Å². The molecule has 0 aliphatic heterocycles. The average molecular weight is 250 g/mol. The summed E-state index contributed by atoms with van der Waals surface area (Å²) in [4.78, 5) is 13.5. The van der Waals surface area contributed by atoms with Crippen molar-refractivity contribution in [3.8, 4) is 11.3 Å². The first-order valence-corrected chi connectivity index (χ1v) is 4.99. The molecule has 0 atom stereocenters. The number of carbonyl (C=O) groups excluding carboxylic acids is 1. The Balaban J connectivity index is 2.43. The Bertz CT molecular complexity index is 462. The van der Waals surface area contributed by atoms with Crippen molar-refractivity contribution in [2.24, 2.45) is 0 Å². The number of carbonyl (C=O) groups is 1. The molecule has 0 saturated heterocycles. The van der Waals surface area contributed by atoms with E-state index in [4.69, 9.17) is 0 Å². The SMILES string of the molecule is O=Cc1ccc(-c2cccc(Br)c2)[nH]1. The molecule has 0 spiro atoms. The first-order valence-electron chi connectivity index (χ1n) is 4.20. The van der Waals surface area contributed by atoms with Crippen LogP contribution in [0.15, 0.2) is 40.9 Å². The normalized spacial score (nSPS) is 10.1. The number of hydrogen-bond donors (Lipinski definition) is 1. The van der Waals surface area contributed by atoms with E-state index in [1.165, 1.54) is 0 Å². The van der Waals surface area contributed by atoms with E-state index in [9.17, 15) is 4.79 Å². The van der Waals surface area contributed by atoms with Crippen molar-refractivity contribution < 1.29 is 4.79 Å². The standard InChI is InChI=1S/C11H8BrNO/c12-9-3-1-2-8(6-9)11-5-4-10(7-14)13-11/h1-7,13H. The molecule has 0 bridgehead atoms. The van der Waals surface area contributed by atoms with E-state index in [1.807, 2.05) is 30.3 Å². The molecule has 0 amide bonds. The van der Waals surface area contributed by atoms with Gasteiger partial charge in [0.25, 0.3) is 0 Å². The average Bonchev–Trinajstić information content (AvgIpc) is 2.66. The number of benzene rings is 1. The minimum Gasteiger partial charge on any atom is -0.352 e. The Morgan fingerprint density at radius 1 is 1.21 bits per heavy atom. The highest BCUT2D eigenvalue weighted by Gasteiger charge is 2.00. The fraction of sp³-hybridized carbons (Fsp3) is 0. The van der Waals surface area contributed by atoms with Crippen LogP contribution in [0.4, 0.5) is 0 Å². The summed E-state index contributed by atoms with van der Waals surface area (Å²) < 4.78 is 1.03. The molecule has 3 heteroatoms. The second-order valence-corrected chi connectivity index (χ2v) is 3.87. The molecule has 1 aromatic heterocycles. The van der Waals surface area contributed by atoms with E-state index in [2.05, 4.69) is 20.9 Å². The molecule has 1 aromatic carbocycles. The van der Waals surface area contributed by atoms with Crippen LogP contribution in [-0.2, 0) is 0 Å². The van der Waals surface area contributed by atoms with Crippen molar-refractivity contribution in [2.45, 2.75) is 0 Å². The van der Waals surface area contributed by atoms with Gasteiger partial charge in [-0.25, -0.2) is 0 Å². The lowest BCUT2D eigenvalue weighted by Gasteiger charge is -1.97. The highest BCUT2D eigenvalue weighted by molar-refractivity contribution is 9.10. The van der Waals surface area contributed by atoms with Crippen molar-refractivity contribution in [3.63, 3.8) is 0 Å².